The summed E-state index contributed by atoms with van der Waals surface area (Å²) in [5.74, 6) is -0.629. The number of carbonyl (C=O) groups is 1. The molecule has 0 heterocycles. The maximum absolute atomic E-state index is 14.3. The number of hydrogen-bond donors (Lipinski definition) is 1. The van der Waals surface area contributed by atoms with E-state index in [1.54, 1.807) is 0 Å². The minimum Gasteiger partial charge on any atom is -0.469 e. The Balaban J connectivity index is 1.77. The molecular weight excluding hydrogens is 347 g/mol. The van der Waals surface area contributed by atoms with Gasteiger partial charge in [-0.3, -0.25) is 4.79 Å². The molecule has 0 spiro atoms. The minimum absolute atomic E-state index is 0.180. The fourth-order valence-corrected chi connectivity index (χ4v) is 3.64. The molecule has 1 N–H and O–H groups in total. The van der Waals surface area contributed by atoms with Crippen LogP contribution in [0, 0.1) is 18.8 Å². The zero-order chi connectivity index (χ0) is 19.6. The highest BCUT2D eigenvalue weighted by Crippen LogP contribution is 2.37. The van der Waals surface area contributed by atoms with Gasteiger partial charge in [0.05, 0.1) is 26.4 Å². The molecule has 2 rings (SSSR count). The summed E-state index contributed by atoms with van der Waals surface area (Å²) in [7, 11) is 1.38. The van der Waals surface area contributed by atoms with Gasteiger partial charge in [0.15, 0.2) is 0 Å². The summed E-state index contributed by atoms with van der Waals surface area (Å²) in [6.07, 6.45) is 4.90. The zero-order valence-electron chi connectivity index (χ0n) is 16.3. The Morgan fingerprint density at radius 2 is 2.15 bits per heavy atom. The summed E-state index contributed by atoms with van der Waals surface area (Å²) in [5, 5.41) is 10.2. The number of ether oxygens (including phenoxy) is 2. The Morgan fingerprint density at radius 3 is 2.89 bits per heavy atom. The van der Waals surface area contributed by atoms with Crippen LogP contribution in [0.1, 0.15) is 43.2 Å². The van der Waals surface area contributed by atoms with Gasteiger partial charge < -0.3 is 14.6 Å². The third-order valence-electron chi connectivity index (χ3n) is 5.19. The van der Waals surface area contributed by atoms with Crippen molar-refractivity contribution in [2.24, 2.45) is 11.8 Å². The number of esters is 1. The molecule has 0 radical (unpaired) electrons. The Labute approximate surface area is 161 Å². The van der Waals surface area contributed by atoms with E-state index in [1.165, 1.54) is 12.7 Å². The molecule has 150 valence electrons. The van der Waals surface area contributed by atoms with Crippen molar-refractivity contribution in [3.05, 3.63) is 47.5 Å². The summed E-state index contributed by atoms with van der Waals surface area (Å²) in [4.78, 5) is 11.1. The topological polar surface area (TPSA) is 55.8 Å². The van der Waals surface area contributed by atoms with Crippen molar-refractivity contribution < 1.29 is 23.8 Å². The van der Waals surface area contributed by atoms with Crippen molar-refractivity contribution in [3.8, 4) is 0 Å². The Hall–Kier alpha value is -1.72. The molecule has 1 aliphatic rings. The first-order valence-electron chi connectivity index (χ1n) is 9.68. The predicted molar refractivity (Wildman–Crippen MR) is 103 cm³/mol. The van der Waals surface area contributed by atoms with Gasteiger partial charge in [-0.05, 0) is 31.7 Å². The highest BCUT2D eigenvalue weighted by atomic mass is 19.1. The number of alkyl halides is 1. The normalized spacial score (nSPS) is 25.2. The van der Waals surface area contributed by atoms with Gasteiger partial charge in [-0.15, -0.1) is 0 Å². The Morgan fingerprint density at radius 1 is 1.33 bits per heavy atom. The highest BCUT2D eigenvalue weighted by molar-refractivity contribution is 5.69. The quantitative estimate of drug-likeness (QED) is 0.378. The SMILES string of the molecule is COC(=O)CCC/C=C\C[C@H]1[C@H](COCc2cccc(C)c2)[C@@H](O)C[C@@H]1F. The van der Waals surface area contributed by atoms with Crippen molar-refractivity contribution in [2.75, 3.05) is 13.7 Å². The van der Waals surface area contributed by atoms with Gasteiger partial charge >= 0.3 is 5.97 Å². The first kappa shape index (κ1) is 21.6. The molecule has 0 saturated heterocycles. The molecule has 0 aliphatic heterocycles. The van der Waals surface area contributed by atoms with Crippen LogP contribution in [0.15, 0.2) is 36.4 Å². The first-order valence-corrected chi connectivity index (χ1v) is 9.68. The number of carbonyl (C=O) groups excluding carboxylic acids is 1. The number of hydrogen-bond acceptors (Lipinski definition) is 4. The van der Waals surface area contributed by atoms with Crippen LogP contribution in [0.4, 0.5) is 4.39 Å². The second-order valence-corrected chi connectivity index (χ2v) is 7.33. The molecule has 1 aromatic rings. The molecular formula is C22H31FO4. The summed E-state index contributed by atoms with van der Waals surface area (Å²) < 4.78 is 24.7. The van der Waals surface area contributed by atoms with Crippen LogP contribution in [0.2, 0.25) is 0 Å². The molecule has 0 aromatic heterocycles. The van der Waals surface area contributed by atoms with Crippen molar-refractivity contribution in [1.29, 1.82) is 0 Å². The molecule has 1 fully saturated rings. The first-order chi connectivity index (χ1) is 13.0. The van der Waals surface area contributed by atoms with Crippen molar-refractivity contribution >= 4 is 5.97 Å². The summed E-state index contributed by atoms with van der Waals surface area (Å²) in [5.41, 5.74) is 2.26. The second-order valence-electron chi connectivity index (χ2n) is 7.33. The van der Waals surface area contributed by atoms with Crippen LogP contribution in [-0.2, 0) is 20.9 Å². The number of benzene rings is 1. The monoisotopic (exact) mass is 378 g/mol. The predicted octanol–water partition coefficient (Wildman–Crippen LogP) is 4.14. The molecule has 0 amide bonds. The van der Waals surface area contributed by atoms with Gasteiger partial charge in [0.2, 0.25) is 0 Å². The minimum atomic E-state index is -1.01. The third-order valence-corrected chi connectivity index (χ3v) is 5.19. The van der Waals surface area contributed by atoms with Gasteiger partial charge in [-0.25, -0.2) is 4.39 Å². The smallest absolute Gasteiger partial charge is 0.305 e. The molecule has 0 bridgehead atoms. The zero-order valence-corrected chi connectivity index (χ0v) is 16.3. The summed E-state index contributed by atoms with van der Waals surface area (Å²) >= 11 is 0. The van der Waals surface area contributed by atoms with E-state index in [2.05, 4.69) is 10.8 Å². The molecule has 27 heavy (non-hydrogen) atoms. The van der Waals surface area contributed by atoms with Gasteiger partial charge in [0.25, 0.3) is 0 Å². The maximum atomic E-state index is 14.3. The van der Waals surface area contributed by atoms with Crippen LogP contribution in [-0.4, -0.2) is 37.1 Å². The molecule has 4 atom stereocenters. The Bertz CT molecular complexity index is 616. The van der Waals surface area contributed by atoms with E-state index in [-0.39, 0.29) is 24.2 Å². The van der Waals surface area contributed by atoms with E-state index in [1.807, 2.05) is 37.3 Å². The molecule has 1 aliphatic carbocycles. The lowest BCUT2D eigenvalue weighted by molar-refractivity contribution is -0.140. The van der Waals surface area contributed by atoms with Crippen LogP contribution >= 0.6 is 0 Å². The average molecular weight is 378 g/mol. The number of halogens is 1. The van der Waals surface area contributed by atoms with E-state index >= 15 is 0 Å². The van der Waals surface area contributed by atoms with E-state index < -0.39 is 12.3 Å². The number of unbranched alkanes of at least 4 members (excludes halogenated alkanes) is 1. The fraction of sp³-hybridized carbons (Fsp3) is 0.591. The lowest BCUT2D eigenvalue weighted by atomic mass is 9.91. The summed E-state index contributed by atoms with van der Waals surface area (Å²) in [6, 6.07) is 8.09. The average Bonchev–Trinajstić information content (AvgIpc) is 2.91. The van der Waals surface area contributed by atoms with E-state index in [4.69, 9.17) is 4.74 Å². The number of allylic oxidation sites excluding steroid dienone is 2. The van der Waals surface area contributed by atoms with Gasteiger partial charge in [0.1, 0.15) is 6.17 Å². The maximum Gasteiger partial charge on any atom is 0.305 e. The largest absolute Gasteiger partial charge is 0.469 e. The van der Waals surface area contributed by atoms with Crippen molar-refractivity contribution in [3.63, 3.8) is 0 Å². The summed E-state index contributed by atoms with van der Waals surface area (Å²) in [6.45, 7) is 2.86. The van der Waals surface area contributed by atoms with Gasteiger partial charge in [-0.1, -0.05) is 42.0 Å². The van der Waals surface area contributed by atoms with E-state index in [0.717, 1.165) is 18.4 Å². The fourth-order valence-electron chi connectivity index (χ4n) is 3.64. The lowest BCUT2D eigenvalue weighted by Crippen LogP contribution is -2.25. The van der Waals surface area contributed by atoms with E-state index in [9.17, 15) is 14.3 Å². The second kappa shape index (κ2) is 11.2. The molecule has 1 aromatic carbocycles. The third kappa shape index (κ3) is 7.07. The number of methoxy groups -OCH3 is 1. The lowest BCUT2D eigenvalue weighted by Gasteiger charge is -2.21. The number of aliphatic hydroxyl groups is 1. The molecule has 4 nitrogen and oxygen atoms in total. The van der Waals surface area contributed by atoms with Gasteiger partial charge in [-0.2, -0.15) is 0 Å². The number of aliphatic hydroxyl groups excluding tert-OH is 1. The van der Waals surface area contributed by atoms with Crippen molar-refractivity contribution in [2.45, 2.75) is 57.9 Å². The molecule has 5 heteroatoms. The molecule has 1 saturated carbocycles. The van der Waals surface area contributed by atoms with Crippen LogP contribution < -0.4 is 0 Å². The number of aryl methyl sites for hydroxylation is 1. The van der Waals surface area contributed by atoms with Crippen LogP contribution in [0.25, 0.3) is 0 Å². The van der Waals surface area contributed by atoms with Gasteiger partial charge in [0, 0.05) is 24.7 Å². The Kier molecular flexibility index (Phi) is 8.95. The molecule has 0 unspecified atom stereocenters. The highest BCUT2D eigenvalue weighted by Gasteiger charge is 2.42. The van der Waals surface area contributed by atoms with E-state index in [0.29, 0.717) is 26.1 Å². The van der Waals surface area contributed by atoms with Crippen molar-refractivity contribution in [1.82, 2.24) is 0 Å². The number of rotatable bonds is 10. The van der Waals surface area contributed by atoms with Crippen LogP contribution in [0.3, 0.4) is 0 Å². The standard InChI is InChI=1S/C22H31FO4/c1-16-8-7-9-17(12-16)14-27-15-19-18(20(23)13-21(19)24)10-5-3-4-6-11-22(25)26-2/h3,5,7-9,12,18-21,24H,4,6,10-11,13-15H2,1-2H3/b5-3-/t18-,19-,20-,21-/m0/s1. The van der Waals surface area contributed by atoms with Crippen LogP contribution in [0.5, 0.6) is 0 Å².